The molecule has 0 bridgehead atoms. The van der Waals surface area contributed by atoms with Crippen LogP contribution in [0.25, 0.3) is 0 Å². The second kappa shape index (κ2) is 6.43. The van der Waals surface area contributed by atoms with Crippen LogP contribution in [0.1, 0.15) is 26.3 Å². The van der Waals surface area contributed by atoms with Gasteiger partial charge in [-0.2, -0.15) is 0 Å². The largest absolute Gasteiger partial charge is 0.508 e. The van der Waals surface area contributed by atoms with Gasteiger partial charge >= 0.3 is 6.09 Å². The van der Waals surface area contributed by atoms with Gasteiger partial charge in [-0.05, 0) is 44.9 Å². The Labute approximate surface area is 113 Å². The first-order chi connectivity index (χ1) is 8.76. The molecule has 0 radical (unpaired) electrons. The Balaban J connectivity index is 2.33. The lowest BCUT2D eigenvalue weighted by molar-refractivity contribution is 0.0524. The van der Waals surface area contributed by atoms with Gasteiger partial charge < -0.3 is 20.9 Å². The minimum atomic E-state index is -0.509. The minimum Gasteiger partial charge on any atom is -0.508 e. The lowest BCUT2D eigenvalue weighted by Gasteiger charge is -2.20. The quantitative estimate of drug-likeness (QED) is 0.775. The first kappa shape index (κ1) is 15.3. The number of rotatable bonds is 4. The lowest BCUT2D eigenvalue weighted by atomic mass is 10.1. The Morgan fingerprint density at radius 3 is 2.47 bits per heavy atom. The number of hydrogen-bond acceptors (Lipinski definition) is 4. The van der Waals surface area contributed by atoms with Gasteiger partial charge in [0.05, 0.1) is 0 Å². The van der Waals surface area contributed by atoms with Crippen LogP contribution in [-0.2, 0) is 11.2 Å². The van der Waals surface area contributed by atoms with Gasteiger partial charge in [0.2, 0.25) is 0 Å². The van der Waals surface area contributed by atoms with Crippen molar-refractivity contribution < 1.29 is 14.6 Å². The number of amides is 1. The normalized spacial score (nSPS) is 12.8. The summed E-state index contributed by atoms with van der Waals surface area (Å²) >= 11 is 0. The summed E-state index contributed by atoms with van der Waals surface area (Å²) in [6, 6.07) is 6.65. The molecule has 1 amide bonds. The summed E-state index contributed by atoms with van der Waals surface area (Å²) in [5.41, 5.74) is 6.42. The fourth-order valence-electron chi connectivity index (χ4n) is 1.54. The zero-order valence-corrected chi connectivity index (χ0v) is 11.6. The summed E-state index contributed by atoms with van der Waals surface area (Å²) in [7, 11) is 0. The third-order valence-corrected chi connectivity index (χ3v) is 2.34. The van der Waals surface area contributed by atoms with Crippen molar-refractivity contribution in [3.63, 3.8) is 0 Å². The van der Waals surface area contributed by atoms with E-state index in [9.17, 15) is 9.90 Å². The van der Waals surface area contributed by atoms with Gasteiger partial charge in [-0.25, -0.2) is 4.79 Å². The molecule has 19 heavy (non-hydrogen) atoms. The molecule has 0 aliphatic carbocycles. The van der Waals surface area contributed by atoms with Crippen molar-refractivity contribution in [3.05, 3.63) is 29.8 Å². The second-order valence-electron chi connectivity index (χ2n) is 5.51. The van der Waals surface area contributed by atoms with Gasteiger partial charge in [0.1, 0.15) is 11.4 Å². The van der Waals surface area contributed by atoms with E-state index in [-0.39, 0.29) is 11.8 Å². The second-order valence-corrected chi connectivity index (χ2v) is 5.51. The summed E-state index contributed by atoms with van der Waals surface area (Å²) in [6.07, 6.45) is 0.157. The number of benzene rings is 1. The fourth-order valence-corrected chi connectivity index (χ4v) is 1.54. The number of ether oxygens (including phenoxy) is 1. The van der Waals surface area contributed by atoms with E-state index in [2.05, 4.69) is 5.32 Å². The number of phenolic OH excluding ortho intramolecular Hbond substituents is 1. The van der Waals surface area contributed by atoms with E-state index < -0.39 is 11.7 Å². The highest BCUT2D eigenvalue weighted by Gasteiger charge is 2.16. The standard InChI is InChI=1S/C14H22N2O3/c1-14(2,3)19-13(18)16-9-11(15)8-10-4-6-12(17)7-5-10/h4-7,11,17H,8-9,15H2,1-3H3,(H,16,18). The van der Waals surface area contributed by atoms with Crippen molar-refractivity contribution in [2.75, 3.05) is 6.54 Å². The molecule has 5 heteroatoms. The molecule has 1 aromatic carbocycles. The highest BCUT2D eigenvalue weighted by Crippen LogP contribution is 2.11. The van der Waals surface area contributed by atoms with Crippen LogP contribution in [0.4, 0.5) is 4.79 Å². The summed E-state index contributed by atoms with van der Waals surface area (Å²) in [4.78, 5) is 11.4. The number of aromatic hydroxyl groups is 1. The molecule has 4 N–H and O–H groups in total. The van der Waals surface area contributed by atoms with Crippen molar-refractivity contribution in [3.8, 4) is 5.75 Å². The monoisotopic (exact) mass is 266 g/mol. The van der Waals surface area contributed by atoms with Crippen LogP contribution < -0.4 is 11.1 Å². The Hall–Kier alpha value is -1.75. The molecule has 0 fully saturated rings. The molecule has 0 aliphatic rings. The Kier molecular flexibility index (Phi) is 5.18. The van der Waals surface area contributed by atoms with Crippen LogP contribution in [0.15, 0.2) is 24.3 Å². The zero-order valence-electron chi connectivity index (χ0n) is 11.6. The maximum Gasteiger partial charge on any atom is 0.407 e. The van der Waals surface area contributed by atoms with E-state index in [1.54, 1.807) is 12.1 Å². The average Bonchev–Trinajstić information content (AvgIpc) is 2.27. The molecular formula is C14H22N2O3. The van der Waals surface area contributed by atoms with Crippen LogP contribution in [-0.4, -0.2) is 29.4 Å². The van der Waals surface area contributed by atoms with E-state index in [4.69, 9.17) is 10.5 Å². The molecule has 0 aliphatic heterocycles. The van der Waals surface area contributed by atoms with Gasteiger partial charge in [0.15, 0.2) is 0 Å². The average molecular weight is 266 g/mol. The molecule has 1 rings (SSSR count). The highest BCUT2D eigenvalue weighted by molar-refractivity contribution is 5.67. The molecule has 0 saturated heterocycles. The SMILES string of the molecule is CC(C)(C)OC(=O)NCC(N)Cc1ccc(O)cc1. The fraction of sp³-hybridized carbons (Fsp3) is 0.500. The Morgan fingerprint density at radius 2 is 1.95 bits per heavy atom. The Morgan fingerprint density at radius 1 is 1.37 bits per heavy atom. The van der Waals surface area contributed by atoms with Gasteiger partial charge in [-0.15, -0.1) is 0 Å². The van der Waals surface area contributed by atoms with Crippen LogP contribution in [0.3, 0.4) is 0 Å². The van der Waals surface area contributed by atoms with E-state index >= 15 is 0 Å². The molecule has 0 aromatic heterocycles. The smallest absolute Gasteiger partial charge is 0.407 e. The molecule has 1 unspecified atom stereocenters. The van der Waals surface area contributed by atoms with E-state index in [0.29, 0.717) is 13.0 Å². The highest BCUT2D eigenvalue weighted by atomic mass is 16.6. The zero-order chi connectivity index (χ0) is 14.5. The van der Waals surface area contributed by atoms with Crippen LogP contribution >= 0.6 is 0 Å². The summed E-state index contributed by atoms with van der Waals surface area (Å²) in [5.74, 6) is 0.226. The first-order valence-electron chi connectivity index (χ1n) is 6.26. The number of hydrogen-bond donors (Lipinski definition) is 3. The van der Waals surface area contributed by atoms with Crippen LogP contribution in [0.5, 0.6) is 5.75 Å². The molecule has 5 nitrogen and oxygen atoms in total. The summed E-state index contributed by atoms with van der Waals surface area (Å²) in [6.45, 7) is 5.77. The third kappa shape index (κ3) is 6.67. The van der Waals surface area contributed by atoms with E-state index in [1.807, 2.05) is 32.9 Å². The van der Waals surface area contributed by atoms with Gasteiger partial charge in [0.25, 0.3) is 0 Å². The van der Waals surface area contributed by atoms with Crippen molar-refractivity contribution in [2.24, 2.45) is 5.73 Å². The molecule has 1 aromatic rings. The molecule has 0 heterocycles. The molecule has 106 valence electrons. The minimum absolute atomic E-state index is 0.197. The maximum absolute atomic E-state index is 11.4. The lowest BCUT2D eigenvalue weighted by Crippen LogP contribution is -2.41. The molecule has 1 atom stereocenters. The number of nitrogens with two attached hydrogens (primary N) is 1. The number of alkyl carbamates (subject to hydrolysis) is 1. The van der Waals surface area contributed by atoms with Crippen molar-refractivity contribution >= 4 is 6.09 Å². The maximum atomic E-state index is 11.4. The van der Waals surface area contributed by atoms with Gasteiger partial charge in [0, 0.05) is 12.6 Å². The molecular weight excluding hydrogens is 244 g/mol. The predicted octanol–water partition coefficient (Wildman–Crippen LogP) is 1.79. The topological polar surface area (TPSA) is 84.6 Å². The van der Waals surface area contributed by atoms with Crippen LogP contribution in [0.2, 0.25) is 0 Å². The van der Waals surface area contributed by atoms with Crippen molar-refractivity contribution in [1.29, 1.82) is 0 Å². The Bertz CT molecular complexity index is 410. The molecule has 0 spiro atoms. The number of phenols is 1. The van der Waals surface area contributed by atoms with Crippen molar-refractivity contribution in [2.45, 2.75) is 38.8 Å². The van der Waals surface area contributed by atoms with Crippen molar-refractivity contribution in [1.82, 2.24) is 5.32 Å². The number of nitrogens with one attached hydrogen (secondary N) is 1. The van der Waals surface area contributed by atoms with E-state index in [1.165, 1.54) is 0 Å². The predicted molar refractivity (Wildman–Crippen MR) is 74.0 cm³/mol. The summed E-state index contributed by atoms with van der Waals surface area (Å²) < 4.78 is 5.12. The van der Waals surface area contributed by atoms with Crippen LogP contribution in [0, 0.1) is 0 Å². The van der Waals surface area contributed by atoms with Gasteiger partial charge in [-0.1, -0.05) is 12.1 Å². The number of carbonyl (C=O) groups excluding carboxylic acids is 1. The van der Waals surface area contributed by atoms with Gasteiger partial charge in [-0.3, -0.25) is 0 Å². The number of carbonyl (C=O) groups is 1. The molecule has 0 saturated carbocycles. The first-order valence-corrected chi connectivity index (χ1v) is 6.26. The van der Waals surface area contributed by atoms with E-state index in [0.717, 1.165) is 5.56 Å². The third-order valence-electron chi connectivity index (χ3n) is 2.34. The summed E-state index contributed by atoms with van der Waals surface area (Å²) in [5, 5.41) is 11.8.